The fourth-order valence-corrected chi connectivity index (χ4v) is 3.63. The normalized spacial score (nSPS) is 11.9. The van der Waals surface area contributed by atoms with Crippen molar-refractivity contribution in [3.05, 3.63) is 82.4 Å². The molecule has 5 heteroatoms. The van der Waals surface area contributed by atoms with Gasteiger partial charge in [0.1, 0.15) is 24.7 Å². The van der Waals surface area contributed by atoms with E-state index in [2.05, 4.69) is 12.1 Å². The molecule has 0 fully saturated rings. The minimum atomic E-state index is -0.875. The molecule has 29 heavy (non-hydrogen) atoms. The molecule has 0 aliphatic carbocycles. The number of rotatable bonds is 6. The molecule has 0 spiro atoms. The standard InChI is InChI=1S/C24H23NO4/c1-15-5-7-17(11-23(26)27)22(9-15)28-13-16-6-8-19-14-29-24-18(12-25)3-2-4-20(24)21(19)10-16/h2-10H,11-14,25H2,1H3,(H,26,27). The van der Waals surface area contributed by atoms with Crippen molar-refractivity contribution in [3.63, 3.8) is 0 Å². The van der Waals surface area contributed by atoms with E-state index in [1.165, 1.54) is 0 Å². The third-order valence-electron chi connectivity index (χ3n) is 5.11. The van der Waals surface area contributed by atoms with Crippen LogP contribution in [-0.4, -0.2) is 11.1 Å². The van der Waals surface area contributed by atoms with E-state index in [9.17, 15) is 4.79 Å². The average molecular weight is 389 g/mol. The third-order valence-corrected chi connectivity index (χ3v) is 5.11. The van der Waals surface area contributed by atoms with Crippen molar-refractivity contribution in [2.24, 2.45) is 5.73 Å². The summed E-state index contributed by atoms with van der Waals surface area (Å²) in [5, 5.41) is 9.14. The monoisotopic (exact) mass is 389 g/mol. The number of carboxylic acids is 1. The maximum absolute atomic E-state index is 11.1. The predicted molar refractivity (Wildman–Crippen MR) is 111 cm³/mol. The lowest BCUT2D eigenvalue weighted by Crippen LogP contribution is -2.10. The second-order valence-electron chi connectivity index (χ2n) is 7.25. The van der Waals surface area contributed by atoms with E-state index in [-0.39, 0.29) is 6.42 Å². The molecule has 0 amide bonds. The molecule has 1 heterocycles. The highest BCUT2D eigenvalue weighted by Gasteiger charge is 2.20. The first kappa shape index (κ1) is 19.0. The van der Waals surface area contributed by atoms with Crippen LogP contribution in [0.2, 0.25) is 0 Å². The minimum absolute atomic E-state index is 0.0631. The SMILES string of the molecule is Cc1ccc(CC(=O)O)c(OCc2ccc3c(c2)-c2cccc(CN)c2OC3)c1. The van der Waals surface area contributed by atoms with E-state index in [4.69, 9.17) is 20.3 Å². The number of nitrogens with two attached hydrogens (primary N) is 1. The van der Waals surface area contributed by atoms with Gasteiger partial charge in [0.25, 0.3) is 0 Å². The summed E-state index contributed by atoms with van der Waals surface area (Å²) in [6.07, 6.45) is -0.0631. The lowest BCUT2D eigenvalue weighted by Gasteiger charge is -2.23. The van der Waals surface area contributed by atoms with Gasteiger partial charge in [0.2, 0.25) is 0 Å². The number of para-hydroxylation sites is 1. The number of hydrogen-bond acceptors (Lipinski definition) is 4. The van der Waals surface area contributed by atoms with Crippen molar-refractivity contribution in [2.75, 3.05) is 0 Å². The topological polar surface area (TPSA) is 81.8 Å². The lowest BCUT2D eigenvalue weighted by atomic mass is 9.93. The number of aryl methyl sites for hydroxylation is 1. The molecule has 4 rings (SSSR count). The largest absolute Gasteiger partial charge is 0.489 e. The maximum atomic E-state index is 11.1. The van der Waals surface area contributed by atoms with Crippen LogP contribution in [-0.2, 0) is 31.0 Å². The van der Waals surface area contributed by atoms with Gasteiger partial charge in [-0.3, -0.25) is 4.79 Å². The van der Waals surface area contributed by atoms with Crippen LogP contribution in [0.3, 0.4) is 0 Å². The summed E-state index contributed by atoms with van der Waals surface area (Å²) in [4.78, 5) is 11.1. The van der Waals surface area contributed by atoms with Crippen LogP contribution in [0, 0.1) is 6.92 Å². The molecule has 1 aliphatic rings. The minimum Gasteiger partial charge on any atom is -0.489 e. The van der Waals surface area contributed by atoms with Gasteiger partial charge >= 0.3 is 5.97 Å². The molecule has 0 saturated heterocycles. The number of carboxylic acid groups (broad SMARTS) is 1. The van der Waals surface area contributed by atoms with Gasteiger partial charge in [-0.05, 0) is 41.3 Å². The van der Waals surface area contributed by atoms with Crippen molar-refractivity contribution in [2.45, 2.75) is 33.1 Å². The molecule has 0 bridgehead atoms. The van der Waals surface area contributed by atoms with Crippen molar-refractivity contribution < 1.29 is 19.4 Å². The van der Waals surface area contributed by atoms with Gasteiger partial charge in [-0.25, -0.2) is 0 Å². The van der Waals surface area contributed by atoms with Gasteiger partial charge in [0.15, 0.2) is 0 Å². The summed E-state index contributed by atoms with van der Waals surface area (Å²) in [6.45, 7) is 3.26. The fourth-order valence-electron chi connectivity index (χ4n) is 3.63. The van der Waals surface area contributed by atoms with Gasteiger partial charge in [-0.15, -0.1) is 0 Å². The van der Waals surface area contributed by atoms with E-state index in [0.29, 0.717) is 31.1 Å². The molecule has 1 aliphatic heterocycles. The lowest BCUT2D eigenvalue weighted by molar-refractivity contribution is -0.136. The number of carbonyl (C=O) groups is 1. The summed E-state index contributed by atoms with van der Waals surface area (Å²) < 4.78 is 12.0. The Morgan fingerprint density at radius 1 is 1.10 bits per heavy atom. The van der Waals surface area contributed by atoms with Crippen LogP contribution >= 0.6 is 0 Å². The fraction of sp³-hybridized carbons (Fsp3) is 0.208. The Balaban J connectivity index is 1.61. The second kappa shape index (κ2) is 7.97. The van der Waals surface area contributed by atoms with Crippen LogP contribution < -0.4 is 15.2 Å². The molecule has 148 valence electrons. The van der Waals surface area contributed by atoms with Gasteiger partial charge in [-0.1, -0.05) is 42.5 Å². The van der Waals surface area contributed by atoms with E-state index >= 15 is 0 Å². The van der Waals surface area contributed by atoms with Crippen LogP contribution in [0.4, 0.5) is 0 Å². The van der Waals surface area contributed by atoms with Crippen LogP contribution in [0.1, 0.15) is 27.8 Å². The molecular formula is C24H23NO4. The molecule has 0 aromatic heterocycles. The van der Waals surface area contributed by atoms with Gasteiger partial charge in [0, 0.05) is 23.2 Å². The second-order valence-corrected chi connectivity index (χ2v) is 7.25. The Kier molecular flexibility index (Phi) is 5.23. The van der Waals surface area contributed by atoms with Gasteiger partial charge in [0.05, 0.1) is 6.42 Å². The molecule has 3 aromatic carbocycles. The first-order valence-electron chi connectivity index (χ1n) is 9.56. The molecule has 0 saturated carbocycles. The van der Waals surface area contributed by atoms with E-state index in [0.717, 1.165) is 39.1 Å². The highest BCUT2D eigenvalue weighted by atomic mass is 16.5. The molecule has 3 aromatic rings. The summed E-state index contributed by atoms with van der Waals surface area (Å²) in [7, 11) is 0. The first-order chi connectivity index (χ1) is 14.0. The quantitative estimate of drug-likeness (QED) is 0.660. The average Bonchev–Trinajstić information content (AvgIpc) is 2.72. The van der Waals surface area contributed by atoms with Crippen molar-refractivity contribution in [3.8, 4) is 22.6 Å². The first-order valence-corrected chi connectivity index (χ1v) is 9.56. The molecule has 3 N–H and O–H groups in total. The Hall–Kier alpha value is -3.31. The molecule has 5 nitrogen and oxygen atoms in total. The van der Waals surface area contributed by atoms with Crippen LogP contribution in [0.5, 0.6) is 11.5 Å². The van der Waals surface area contributed by atoms with E-state index in [1.807, 2.05) is 49.4 Å². The third kappa shape index (κ3) is 3.96. The van der Waals surface area contributed by atoms with Crippen molar-refractivity contribution in [1.29, 1.82) is 0 Å². The highest BCUT2D eigenvalue weighted by Crippen LogP contribution is 2.40. The number of hydrogen-bond donors (Lipinski definition) is 2. The molecular weight excluding hydrogens is 366 g/mol. The molecule has 0 radical (unpaired) electrons. The van der Waals surface area contributed by atoms with E-state index < -0.39 is 5.97 Å². The highest BCUT2D eigenvalue weighted by molar-refractivity contribution is 5.77. The summed E-state index contributed by atoms with van der Waals surface area (Å²) >= 11 is 0. The smallest absolute Gasteiger partial charge is 0.307 e. The van der Waals surface area contributed by atoms with Crippen molar-refractivity contribution in [1.82, 2.24) is 0 Å². The maximum Gasteiger partial charge on any atom is 0.307 e. The molecule has 0 atom stereocenters. The number of fused-ring (bicyclic) bond motifs is 3. The Morgan fingerprint density at radius 3 is 2.76 bits per heavy atom. The summed E-state index contributed by atoms with van der Waals surface area (Å²) in [5.41, 5.74) is 12.8. The van der Waals surface area contributed by atoms with Gasteiger partial charge in [-0.2, -0.15) is 0 Å². The predicted octanol–water partition coefficient (Wildman–Crippen LogP) is 4.22. The Labute approximate surface area is 169 Å². The Bertz CT molecular complexity index is 1070. The summed E-state index contributed by atoms with van der Waals surface area (Å²) in [5.74, 6) is 0.585. The number of ether oxygens (including phenoxy) is 2. The molecule has 0 unspecified atom stereocenters. The van der Waals surface area contributed by atoms with Gasteiger partial charge < -0.3 is 20.3 Å². The van der Waals surface area contributed by atoms with Crippen LogP contribution in [0.15, 0.2) is 54.6 Å². The zero-order valence-electron chi connectivity index (χ0n) is 16.3. The van der Waals surface area contributed by atoms with Crippen molar-refractivity contribution >= 4 is 5.97 Å². The Morgan fingerprint density at radius 2 is 1.97 bits per heavy atom. The zero-order chi connectivity index (χ0) is 20.4. The zero-order valence-corrected chi connectivity index (χ0v) is 16.3. The number of aliphatic carboxylic acids is 1. The summed E-state index contributed by atoms with van der Waals surface area (Å²) in [6, 6.07) is 17.8. The van der Waals surface area contributed by atoms with E-state index in [1.54, 1.807) is 0 Å². The number of benzene rings is 3. The van der Waals surface area contributed by atoms with Crippen LogP contribution in [0.25, 0.3) is 11.1 Å².